The number of nitroso groups, excluding NO2 is 1. The lowest BCUT2D eigenvalue weighted by molar-refractivity contribution is 0.342. The van der Waals surface area contributed by atoms with Gasteiger partial charge in [-0.05, 0) is 31.1 Å². The van der Waals surface area contributed by atoms with Crippen molar-refractivity contribution in [3.63, 3.8) is 0 Å². The maximum Gasteiger partial charge on any atom is 0.149 e. The molecule has 1 aliphatic rings. The highest BCUT2D eigenvalue weighted by atomic mass is 31.0. The van der Waals surface area contributed by atoms with E-state index in [2.05, 4.69) is 24.8 Å². The van der Waals surface area contributed by atoms with E-state index in [9.17, 15) is 4.91 Å². The highest BCUT2D eigenvalue weighted by Gasteiger charge is 2.20. The quantitative estimate of drug-likeness (QED) is 0.650. The van der Waals surface area contributed by atoms with Crippen LogP contribution in [0.4, 0.5) is 5.69 Å². The Morgan fingerprint density at radius 2 is 2.31 bits per heavy atom. The molecule has 0 spiro atoms. The minimum Gasteiger partial charge on any atom is -0.317 e. The summed E-state index contributed by atoms with van der Waals surface area (Å²) in [6.07, 6.45) is 3.90. The molecule has 1 saturated heterocycles. The first-order valence-electron chi connectivity index (χ1n) is 5.61. The average molecular weight is 240 g/mol. The van der Waals surface area contributed by atoms with E-state index in [1.807, 2.05) is 11.6 Å². The second-order valence-electron chi connectivity index (χ2n) is 4.24. The van der Waals surface area contributed by atoms with Crippen molar-refractivity contribution in [2.45, 2.75) is 31.5 Å². The highest BCUT2D eigenvalue weighted by Crippen LogP contribution is 2.31. The summed E-state index contributed by atoms with van der Waals surface area (Å²) in [6, 6.07) is 0.402. The largest absolute Gasteiger partial charge is 0.317 e. The Balaban J connectivity index is 2.24. The van der Waals surface area contributed by atoms with Crippen molar-refractivity contribution in [3.05, 3.63) is 16.8 Å². The predicted molar refractivity (Wildman–Crippen MR) is 66.9 cm³/mol. The van der Waals surface area contributed by atoms with Gasteiger partial charge in [-0.2, -0.15) is 5.10 Å². The van der Waals surface area contributed by atoms with Gasteiger partial charge in [0, 0.05) is 5.66 Å². The van der Waals surface area contributed by atoms with Crippen LogP contribution in [0, 0.1) is 4.91 Å². The summed E-state index contributed by atoms with van der Waals surface area (Å²) in [4.78, 5) is 10.7. The van der Waals surface area contributed by atoms with Gasteiger partial charge < -0.3 is 5.32 Å². The second-order valence-corrected chi connectivity index (χ2v) is 5.24. The zero-order valence-corrected chi connectivity index (χ0v) is 10.5. The predicted octanol–water partition coefficient (Wildman–Crippen LogP) is 2.14. The number of nitrogens with one attached hydrogen (secondary N) is 1. The SMILES string of the molecule is CC(P)c1nn(C2CCNCC2)cc1N=O. The van der Waals surface area contributed by atoms with Crippen LogP contribution in [-0.4, -0.2) is 22.9 Å². The van der Waals surface area contributed by atoms with Gasteiger partial charge in [-0.15, -0.1) is 14.1 Å². The van der Waals surface area contributed by atoms with Crippen molar-refractivity contribution < 1.29 is 0 Å². The molecular formula is C10H17N4OP. The fraction of sp³-hybridized carbons (Fsp3) is 0.700. The Hall–Kier alpha value is -0.800. The van der Waals surface area contributed by atoms with Crippen molar-refractivity contribution in [2.24, 2.45) is 5.18 Å². The number of rotatable bonds is 3. The van der Waals surface area contributed by atoms with E-state index in [4.69, 9.17) is 0 Å². The zero-order chi connectivity index (χ0) is 11.5. The van der Waals surface area contributed by atoms with E-state index in [0.29, 0.717) is 11.7 Å². The van der Waals surface area contributed by atoms with Gasteiger partial charge in [0.05, 0.1) is 17.9 Å². The Kier molecular flexibility index (Phi) is 3.66. The molecule has 1 aromatic rings. The third kappa shape index (κ3) is 2.30. The van der Waals surface area contributed by atoms with Crippen molar-refractivity contribution in [1.82, 2.24) is 15.1 Å². The number of aromatic nitrogens is 2. The number of hydrogen-bond donors (Lipinski definition) is 1. The average Bonchev–Trinajstić information content (AvgIpc) is 2.74. The molecule has 0 bridgehead atoms. The smallest absolute Gasteiger partial charge is 0.149 e. The molecule has 0 aromatic carbocycles. The van der Waals surface area contributed by atoms with E-state index in [1.165, 1.54) is 0 Å². The van der Waals surface area contributed by atoms with Crippen LogP contribution in [-0.2, 0) is 0 Å². The van der Waals surface area contributed by atoms with Crippen LogP contribution >= 0.6 is 9.24 Å². The van der Waals surface area contributed by atoms with Crippen LogP contribution in [0.25, 0.3) is 0 Å². The number of piperidine rings is 1. The summed E-state index contributed by atoms with van der Waals surface area (Å²) in [5, 5.41) is 10.8. The summed E-state index contributed by atoms with van der Waals surface area (Å²) in [5.41, 5.74) is 1.41. The summed E-state index contributed by atoms with van der Waals surface area (Å²) >= 11 is 0. The second kappa shape index (κ2) is 5.02. The summed E-state index contributed by atoms with van der Waals surface area (Å²) < 4.78 is 1.91. The van der Waals surface area contributed by atoms with Crippen molar-refractivity contribution in [3.8, 4) is 0 Å². The molecule has 0 saturated carbocycles. The Morgan fingerprint density at radius 3 is 2.81 bits per heavy atom. The van der Waals surface area contributed by atoms with Gasteiger partial charge >= 0.3 is 0 Å². The summed E-state index contributed by atoms with van der Waals surface area (Å²) in [5.74, 6) is 0. The van der Waals surface area contributed by atoms with E-state index in [0.717, 1.165) is 31.6 Å². The topological polar surface area (TPSA) is 59.3 Å². The molecule has 0 aliphatic carbocycles. The molecule has 5 nitrogen and oxygen atoms in total. The van der Waals surface area contributed by atoms with Crippen LogP contribution in [0.15, 0.2) is 11.4 Å². The summed E-state index contributed by atoms with van der Waals surface area (Å²) in [7, 11) is 2.65. The van der Waals surface area contributed by atoms with Gasteiger partial charge in [-0.1, -0.05) is 6.92 Å². The van der Waals surface area contributed by atoms with E-state index in [1.54, 1.807) is 6.20 Å². The normalized spacial score (nSPS) is 19.6. The molecule has 1 aliphatic heterocycles. The van der Waals surface area contributed by atoms with Crippen molar-refractivity contribution in [2.75, 3.05) is 13.1 Å². The number of hydrogen-bond acceptors (Lipinski definition) is 4. The first kappa shape index (κ1) is 11.7. The molecule has 1 aromatic heterocycles. The highest BCUT2D eigenvalue weighted by molar-refractivity contribution is 7.17. The van der Waals surface area contributed by atoms with Gasteiger partial charge in [0.15, 0.2) is 0 Å². The minimum absolute atomic E-state index is 0.163. The van der Waals surface area contributed by atoms with Crippen LogP contribution < -0.4 is 5.32 Å². The molecule has 1 N–H and O–H groups in total. The van der Waals surface area contributed by atoms with Gasteiger partial charge in [-0.3, -0.25) is 4.68 Å². The number of nitrogens with zero attached hydrogens (tertiary/aromatic N) is 3. The molecule has 0 amide bonds. The van der Waals surface area contributed by atoms with Gasteiger partial charge in [-0.25, -0.2) is 0 Å². The maximum absolute atomic E-state index is 10.7. The summed E-state index contributed by atoms with van der Waals surface area (Å²) in [6.45, 7) is 4.02. The molecule has 2 unspecified atom stereocenters. The Morgan fingerprint density at radius 1 is 1.62 bits per heavy atom. The molecular weight excluding hydrogens is 223 g/mol. The molecule has 88 valence electrons. The van der Waals surface area contributed by atoms with Gasteiger partial charge in [0.2, 0.25) is 0 Å². The lowest BCUT2D eigenvalue weighted by Gasteiger charge is -2.22. The molecule has 1 fully saturated rings. The molecule has 2 heterocycles. The van der Waals surface area contributed by atoms with Crippen molar-refractivity contribution in [1.29, 1.82) is 0 Å². The molecule has 16 heavy (non-hydrogen) atoms. The van der Waals surface area contributed by atoms with Crippen LogP contribution in [0.5, 0.6) is 0 Å². The zero-order valence-electron chi connectivity index (χ0n) is 9.39. The standard InChI is InChI=1S/C10H17N4OP/c1-7(16)10-9(13-15)6-14(12-10)8-2-4-11-5-3-8/h6-8,11H,2-5,16H2,1H3. The van der Waals surface area contributed by atoms with E-state index in [-0.39, 0.29) is 5.66 Å². The molecule has 0 radical (unpaired) electrons. The van der Waals surface area contributed by atoms with E-state index < -0.39 is 0 Å². The third-order valence-electron chi connectivity index (χ3n) is 2.95. The lowest BCUT2D eigenvalue weighted by atomic mass is 10.1. The first-order valence-corrected chi connectivity index (χ1v) is 6.27. The third-order valence-corrected chi connectivity index (χ3v) is 3.27. The maximum atomic E-state index is 10.7. The Bertz CT molecular complexity index is 371. The monoisotopic (exact) mass is 240 g/mol. The molecule has 6 heteroatoms. The van der Waals surface area contributed by atoms with Gasteiger partial charge in [0.25, 0.3) is 0 Å². The fourth-order valence-electron chi connectivity index (χ4n) is 2.05. The lowest BCUT2D eigenvalue weighted by Crippen LogP contribution is -2.29. The van der Waals surface area contributed by atoms with Crippen molar-refractivity contribution >= 4 is 14.9 Å². The van der Waals surface area contributed by atoms with Crippen LogP contribution in [0.2, 0.25) is 0 Å². The fourth-order valence-corrected chi connectivity index (χ4v) is 2.29. The minimum atomic E-state index is 0.163. The van der Waals surface area contributed by atoms with Crippen LogP contribution in [0.1, 0.15) is 37.2 Å². The molecule has 2 rings (SSSR count). The molecule has 2 atom stereocenters. The van der Waals surface area contributed by atoms with Gasteiger partial charge in [0.1, 0.15) is 5.69 Å². The van der Waals surface area contributed by atoms with E-state index >= 15 is 0 Å². The van der Waals surface area contributed by atoms with Crippen LogP contribution in [0.3, 0.4) is 0 Å². The Labute approximate surface area is 97.2 Å². The first-order chi connectivity index (χ1) is 7.72.